The molecule has 0 unspecified atom stereocenters. The smallest absolute Gasteiger partial charge is 0.434 e. The Bertz CT molecular complexity index is 1330. The molecular formula is C23H21F3N8O2S. The van der Waals surface area contributed by atoms with E-state index < -0.39 is 23.4 Å². The molecule has 192 valence electrons. The number of pyridine rings is 2. The lowest BCUT2D eigenvalue weighted by Crippen LogP contribution is -2.49. The largest absolute Gasteiger partial charge is 0.465 e. The number of nitrogens with one attached hydrogen (secondary N) is 1. The highest BCUT2D eigenvalue weighted by Gasteiger charge is 2.39. The second-order valence-electron chi connectivity index (χ2n) is 8.29. The van der Waals surface area contributed by atoms with E-state index in [0.29, 0.717) is 37.7 Å². The molecule has 0 spiro atoms. The average molecular weight is 531 g/mol. The van der Waals surface area contributed by atoms with Crippen LogP contribution in [-0.2, 0) is 11.6 Å². The van der Waals surface area contributed by atoms with Gasteiger partial charge in [0.25, 0.3) is 0 Å². The van der Waals surface area contributed by atoms with Gasteiger partial charge in [-0.15, -0.1) is 0 Å². The average Bonchev–Trinajstić information content (AvgIpc) is 2.89. The van der Waals surface area contributed by atoms with Gasteiger partial charge >= 0.3 is 12.3 Å². The normalized spacial score (nSPS) is 15.1. The molecule has 37 heavy (non-hydrogen) atoms. The zero-order chi connectivity index (χ0) is 26.6. The quantitative estimate of drug-likeness (QED) is 0.430. The zero-order valence-electron chi connectivity index (χ0n) is 19.2. The summed E-state index contributed by atoms with van der Waals surface area (Å²) in [5, 5.41) is 21.3. The molecule has 14 heteroatoms. The molecule has 1 aliphatic heterocycles. The molecule has 10 nitrogen and oxygen atoms in total. The van der Waals surface area contributed by atoms with Crippen molar-refractivity contribution in [3.05, 3.63) is 59.8 Å². The first-order valence-electron chi connectivity index (χ1n) is 11.0. The molecule has 0 atom stereocenters. The number of nitrogens with zero attached hydrogens (tertiary/aromatic N) is 6. The van der Waals surface area contributed by atoms with Gasteiger partial charge in [0, 0.05) is 48.0 Å². The van der Waals surface area contributed by atoms with Crippen molar-refractivity contribution in [2.24, 2.45) is 0 Å². The predicted molar refractivity (Wildman–Crippen MR) is 128 cm³/mol. The molecule has 3 aromatic heterocycles. The third-order valence-corrected chi connectivity index (χ3v) is 7.07. The van der Waals surface area contributed by atoms with Gasteiger partial charge in [0.1, 0.15) is 11.1 Å². The van der Waals surface area contributed by atoms with Gasteiger partial charge in [-0.3, -0.25) is 9.97 Å². The highest BCUT2D eigenvalue weighted by atomic mass is 32.2. The van der Waals surface area contributed by atoms with E-state index in [1.54, 1.807) is 12.3 Å². The molecule has 0 bridgehead atoms. The van der Waals surface area contributed by atoms with Crippen LogP contribution in [0.25, 0.3) is 0 Å². The molecule has 3 aromatic rings. The van der Waals surface area contributed by atoms with E-state index in [2.05, 4.69) is 25.3 Å². The number of nitriles is 1. The summed E-state index contributed by atoms with van der Waals surface area (Å²) in [6, 6.07) is 10.0. The Hall–Kier alpha value is -4.12. The van der Waals surface area contributed by atoms with E-state index in [1.165, 1.54) is 12.1 Å². The molecular weight excluding hydrogens is 509 g/mol. The number of rotatable bonds is 6. The minimum atomic E-state index is -4.67. The van der Waals surface area contributed by atoms with Crippen molar-refractivity contribution in [1.82, 2.24) is 25.3 Å². The number of anilines is 2. The van der Waals surface area contributed by atoms with E-state index >= 15 is 0 Å². The lowest BCUT2D eigenvalue weighted by atomic mass is 9.75. The maximum Gasteiger partial charge on any atom is 0.434 e. The first-order chi connectivity index (χ1) is 17.6. The molecule has 0 saturated carbocycles. The minimum Gasteiger partial charge on any atom is -0.465 e. The number of aromatic nitrogens is 4. The number of halogens is 3. The van der Waals surface area contributed by atoms with Gasteiger partial charge in [-0.2, -0.15) is 18.4 Å². The number of hydrogen-bond acceptors (Lipinski definition) is 9. The molecule has 4 N–H and O–H groups in total. The van der Waals surface area contributed by atoms with Crippen molar-refractivity contribution in [1.29, 1.82) is 5.26 Å². The van der Waals surface area contributed by atoms with Gasteiger partial charge in [0.05, 0.1) is 0 Å². The van der Waals surface area contributed by atoms with Crippen LogP contribution in [0, 0.1) is 11.3 Å². The van der Waals surface area contributed by atoms with Crippen molar-refractivity contribution in [2.75, 3.05) is 30.3 Å². The van der Waals surface area contributed by atoms with Crippen LogP contribution in [0.3, 0.4) is 0 Å². The lowest BCUT2D eigenvalue weighted by molar-refractivity contribution is -0.143. The summed E-state index contributed by atoms with van der Waals surface area (Å²) in [6.07, 6.45) is -2.13. The molecule has 0 radical (unpaired) electrons. The number of carboxylic acid groups (broad SMARTS) is 1. The van der Waals surface area contributed by atoms with Crippen LogP contribution in [0.15, 0.2) is 52.6 Å². The highest BCUT2D eigenvalue weighted by Crippen LogP contribution is 2.40. The Kier molecular flexibility index (Phi) is 7.35. The van der Waals surface area contributed by atoms with Gasteiger partial charge in [0.15, 0.2) is 23.0 Å². The van der Waals surface area contributed by atoms with Crippen LogP contribution in [0.4, 0.5) is 29.6 Å². The van der Waals surface area contributed by atoms with Crippen LogP contribution in [0.2, 0.25) is 0 Å². The standard InChI is InChI=1S/C23H21F3N8O2S/c24-23(25,26)17-15(4-3-9-30-17)37-20-18(28)33-19(14(12-27)32-20)34-10-6-22(7-11-34,13-31-21(35)36)16-5-1-2-8-29-16/h1-5,8-9,31H,6-7,10-11,13H2,(H2,28,33)(H,35,36). The van der Waals surface area contributed by atoms with Crippen molar-refractivity contribution >= 4 is 29.5 Å². The van der Waals surface area contributed by atoms with E-state index in [-0.39, 0.29) is 33.8 Å². The van der Waals surface area contributed by atoms with Crippen LogP contribution >= 0.6 is 11.8 Å². The summed E-state index contributed by atoms with van der Waals surface area (Å²) in [5.41, 5.74) is 5.09. The van der Waals surface area contributed by atoms with Crippen molar-refractivity contribution in [3.8, 4) is 6.07 Å². The Labute approximate surface area is 213 Å². The molecule has 0 aliphatic carbocycles. The van der Waals surface area contributed by atoms with Gasteiger partial charge in [-0.1, -0.05) is 17.8 Å². The SMILES string of the molecule is N#Cc1nc(Sc2cccnc2C(F)(F)F)c(N)nc1N1CCC(CNC(=O)O)(c2ccccn2)CC1. The number of hydrogen-bond donors (Lipinski definition) is 3. The molecule has 1 fully saturated rings. The number of alkyl halides is 3. The predicted octanol–water partition coefficient (Wildman–Crippen LogP) is 3.70. The van der Waals surface area contributed by atoms with Gasteiger partial charge < -0.3 is 21.1 Å². The second kappa shape index (κ2) is 10.5. The minimum absolute atomic E-state index is 0.0377. The van der Waals surface area contributed by atoms with Crippen LogP contribution < -0.4 is 16.0 Å². The third-order valence-electron chi connectivity index (χ3n) is 6.03. The molecule has 4 rings (SSSR count). The molecule has 1 aliphatic rings. The summed E-state index contributed by atoms with van der Waals surface area (Å²) in [5.74, 6) is 0.0949. The number of nitrogens with two attached hydrogens (primary N) is 1. The highest BCUT2D eigenvalue weighted by molar-refractivity contribution is 7.99. The van der Waals surface area contributed by atoms with E-state index in [9.17, 15) is 23.2 Å². The summed E-state index contributed by atoms with van der Waals surface area (Å²) < 4.78 is 40.0. The monoisotopic (exact) mass is 530 g/mol. The Morgan fingerprint density at radius 2 is 1.92 bits per heavy atom. The lowest BCUT2D eigenvalue weighted by Gasteiger charge is -2.42. The topological polar surface area (TPSA) is 154 Å². The first-order valence-corrected chi connectivity index (χ1v) is 11.9. The summed E-state index contributed by atoms with van der Waals surface area (Å²) >= 11 is 0.636. The Balaban J connectivity index is 1.59. The molecule has 4 heterocycles. The van der Waals surface area contributed by atoms with Gasteiger partial charge in [-0.25, -0.2) is 14.8 Å². The maximum atomic E-state index is 13.3. The van der Waals surface area contributed by atoms with E-state index in [4.69, 9.17) is 10.8 Å². The summed E-state index contributed by atoms with van der Waals surface area (Å²) in [7, 11) is 0. The Morgan fingerprint density at radius 1 is 1.19 bits per heavy atom. The number of amides is 1. The molecule has 0 aromatic carbocycles. The second-order valence-corrected chi connectivity index (χ2v) is 9.32. The fourth-order valence-corrected chi connectivity index (χ4v) is 5.08. The van der Waals surface area contributed by atoms with Crippen LogP contribution in [0.1, 0.15) is 29.9 Å². The van der Waals surface area contributed by atoms with Crippen molar-refractivity contribution < 1.29 is 23.1 Å². The van der Waals surface area contributed by atoms with E-state index in [0.717, 1.165) is 11.9 Å². The van der Waals surface area contributed by atoms with E-state index in [1.807, 2.05) is 23.1 Å². The number of piperidine rings is 1. The van der Waals surface area contributed by atoms with Crippen LogP contribution in [0.5, 0.6) is 0 Å². The van der Waals surface area contributed by atoms with Gasteiger partial charge in [-0.05, 0) is 37.1 Å². The summed E-state index contributed by atoms with van der Waals surface area (Å²) in [6.45, 7) is 0.955. The molecule has 1 saturated heterocycles. The Morgan fingerprint density at radius 3 is 2.54 bits per heavy atom. The van der Waals surface area contributed by atoms with Crippen molar-refractivity contribution in [2.45, 2.75) is 34.4 Å². The fraction of sp³-hybridized carbons (Fsp3) is 0.304. The maximum absolute atomic E-state index is 13.3. The van der Waals surface area contributed by atoms with Gasteiger partial charge in [0.2, 0.25) is 0 Å². The zero-order valence-corrected chi connectivity index (χ0v) is 20.1. The molecule has 1 amide bonds. The third kappa shape index (κ3) is 5.67. The number of carbonyl (C=O) groups is 1. The van der Waals surface area contributed by atoms with Crippen LogP contribution in [-0.4, -0.2) is 50.8 Å². The van der Waals surface area contributed by atoms with Crippen molar-refractivity contribution in [3.63, 3.8) is 0 Å². The summed E-state index contributed by atoms with van der Waals surface area (Å²) in [4.78, 5) is 29.2. The fourth-order valence-electron chi connectivity index (χ4n) is 4.18. The first kappa shape index (κ1) is 26.0. The number of nitrogen functional groups attached to an aromatic ring is 1.